The van der Waals surface area contributed by atoms with Gasteiger partial charge in [0, 0.05) is 11.9 Å². The molecule has 6 nitrogen and oxygen atoms in total. The highest BCUT2D eigenvalue weighted by molar-refractivity contribution is 5.83. The first-order chi connectivity index (χ1) is 7.18. The van der Waals surface area contributed by atoms with Crippen LogP contribution >= 0.6 is 0 Å². The second-order valence-corrected chi connectivity index (χ2v) is 2.86. The number of carbonyl (C=O) groups is 1. The van der Waals surface area contributed by atoms with E-state index in [-0.39, 0.29) is 11.7 Å². The Morgan fingerprint density at radius 2 is 2.33 bits per heavy atom. The summed E-state index contributed by atoms with van der Waals surface area (Å²) in [7, 11) is 0. The number of hydrogen-bond acceptors (Lipinski definition) is 5. The standard InChI is InChI=1S/C9H7N3O3/c1-5-6(3-2-4-10-5)8-11-7(9(13)14)12-15-8/h2-4H,1H3,(H,13,14). The van der Waals surface area contributed by atoms with Crippen LogP contribution in [-0.2, 0) is 0 Å². The Balaban J connectivity index is 2.46. The van der Waals surface area contributed by atoms with Crippen molar-refractivity contribution in [1.29, 1.82) is 0 Å². The molecule has 0 spiro atoms. The third-order valence-electron chi connectivity index (χ3n) is 1.85. The summed E-state index contributed by atoms with van der Waals surface area (Å²) in [4.78, 5) is 18.3. The van der Waals surface area contributed by atoms with E-state index < -0.39 is 5.97 Å². The molecule has 0 amide bonds. The van der Waals surface area contributed by atoms with Crippen molar-refractivity contribution in [2.75, 3.05) is 0 Å². The SMILES string of the molecule is Cc1ncccc1-c1nc(C(=O)O)no1. The van der Waals surface area contributed by atoms with Crippen LogP contribution in [0.3, 0.4) is 0 Å². The minimum absolute atomic E-state index is 0.165. The Kier molecular flexibility index (Phi) is 2.17. The number of aromatic carboxylic acids is 1. The molecule has 1 N–H and O–H groups in total. The molecular weight excluding hydrogens is 198 g/mol. The molecule has 0 aliphatic rings. The van der Waals surface area contributed by atoms with Crippen LogP contribution in [0.4, 0.5) is 0 Å². The molecule has 0 aliphatic carbocycles. The zero-order chi connectivity index (χ0) is 10.8. The van der Waals surface area contributed by atoms with E-state index in [1.165, 1.54) is 0 Å². The van der Waals surface area contributed by atoms with Crippen molar-refractivity contribution in [3.8, 4) is 11.5 Å². The van der Waals surface area contributed by atoms with E-state index in [1.807, 2.05) is 0 Å². The van der Waals surface area contributed by atoms with Crippen molar-refractivity contribution < 1.29 is 14.4 Å². The fourth-order valence-corrected chi connectivity index (χ4v) is 1.13. The Bertz CT molecular complexity index is 507. The molecule has 0 saturated carbocycles. The molecule has 0 aromatic carbocycles. The second kappa shape index (κ2) is 3.49. The molecule has 76 valence electrons. The van der Waals surface area contributed by atoms with Gasteiger partial charge in [-0.05, 0) is 24.2 Å². The first kappa shape index (κ1) is 9.32. The minimum Gasteiger partial charge on any atom is -0.475 e. The van der Waals surface area contributed by atoms with E-state index in [2.05, 4.69) is 15.1 Å². The topological polar surface area (TPSA) is 89.1 Å². The maximum absolute atomic E-state index is 10.5. The first-order valence-electron chi connectivity index (χ1n) is 4.17. The molecule has 0 saturated heterocycles. The number of pyridine rings is 1. The van der Waals surface area contributed by atoms with Gasteiger partial charge < -0.3 is 9.63 Å². The van der Waals surface area contributed by atoms with Crippen molar-refractivity contribution in [1.82, 2.24) is 15.1 Å². The summed E-state index contributed by atoms with van der Waals surface area (Å²) in [5, 5.41) is 11.9. The first-order valence-corrected chi connectivity index (χ1v) is 4.17. The normalized spacial score (nSPS) is 10.2. The molecule has 0 radical (unpaired) electrons. The highest BCUT2D eigenvalue weighted by atomic mass is 16.5. The highest BCUT2D eigenvalue weighted by Gasteiger charge is 2.15. The van der Waals surface area contributed by atoms with E-state index in [4.69, 9.17) is 9.63 Å². The zero-order valence-electron chi connectivity index (χ0n) is 7.84. The maximum atomic E-state index is 10.5. The lowest BCUT2D eigenvalue weighted by Gasteiger charge is -1.96. The maximum Gasteiger partial charge on any atom is 0.377 e. The van der Waals surface area contributed by atoms with Crippen LogP contribution in [0.1, 0.15) is 16.3 Å². The summed E-state index contributed by atoms with van der Waals surface area (Å²) in [5.41, 5.74) is 1.34. The highest BCUT2D eigenvalue weighted by Crippen LogP contribution is 2.18. The molecule has 15 heavy (non-hydrogen) atoms. The smallest absolute Gasteiger partial charge is 0.377 e. The molecular formula is C9H7N3O3. The summed E-state index contributed by atoms with van der Waals surface area (Å²) in [6, 6.07) is 3.45. The quantitative estimate of drug-likeness (QED) is 0.790. The van der Waals surface area contributed by atoms with E-state index in [0.29, 0.717) is 11.3 Å². The van der Waals surface area contributed by atoms with Crippen molar-refractivity contribution >= 4 is 5.97 Å². The Morgan fingerprint density at radius 1 is 1.53 bits per heavy atom. The summed E-state index contributed by atoms with van der Waals surface area (Å²) in [6.45, 7) is 1.78. The number of carboxylic acids is 1. The minimum atomic E-state index is -1.22. The van der Waals surface area contributed by atoms with Gasteiger partial charge in [-0.1, -0.05) is 0 Å². The predicted octanol–water partition coefficient (Wildman–Crippen LogP) is 1.14. The van der Waals surface area contributed by atoms with Crippen LogP contribution in [0.15, 0.2) is 22.9 Å². The van der Waals surface area contributed by atoms with E-state index in [1.54, 1.807) is 25.3 Å². The largest absolute Gasteiger partial charge is 0.475 e. The fourth-order valence-electron chi connectivity index (χ4n) is 1.13. The zero-order valence-corrected chi connectivity index (χ0v) is 7.84. The van der Waals surface area contributed by atoms with E-state index in [0.717, 1.165) is 0 Å². The molecule has 2 aromatic rings. The molecule has 2 heterocycles. The van der Waals surface area contributed by atoms with Gasteiger partial charge >= 0.3 is 5.97 Å². The number of aryl methyl sites for hydroxylation is 1. The Hall–Kier alpha value is -2.24. The van der Waals surface area contributed by atoms with Crippen molar-refractivity contribution in [3.05, 3.63) is 29.8 Å². The lowest BCUT2D eigenvalue weighted by Crippen LogP contribution is -1.98. The van der Waals surface area contributed by atoms with Crippen molar-refractivity contribution in [2.45, 2.75) is 6.92 Å². The number of hydrogen-bond donors (Lipinski definition) is 1. The average Bonchev–Trinajstić information content (AvgIpc) is 2.67. The van der Waals surface area contributed by atoms with Crippen LogP contribution in [-0.4, -0.2) is 26.2 Å². The summed E-state index contributed by atoms with van der Waals surface area (Å²) >= 11 is 0. The van der Waals surface area contributed by atoms with Gasteiger partial charge in [-0.3, -0.25) is 4.98 Å². The van der Waals surface area contributed by atoms with Crippen LogP contribution in [0.2, 0.25) is 0 Å². The molecule has 0 aliphatic heterocycles. The summed E-state index contributed by atoms with van der Waals surface area (Å²) in [5.74, 6) is -1.40. The van der Waals surface area contributed by atoms with Gasteiger partial charge in [-0.2, -0.15) is 4.98 Å². The number of nitrogens with zero attached hydrogens (tertiary/aromatic N) is 3. The number of carboxylic acid groups (broad SMARTS) is 1. The van der Waals surface area contributed by atoms with Gasteiger partial charge in [0.1, 0.15) is 0 Å². The van der Waals surface area contributed by atoms with Gasteiger partial charge in [-0.25, -0.2) is 4.79 Å². The van der Waals surface area contributed by atoms with Crippen molar-refractivity contribution in [2.24, 2.45) is 0 Å². The third kappa shape index (κ3) is 1.69. The lowest BCUT2D eigenvalue weighted by atomic mass is 10.2. The van der Waals surface area contributed by atoms with Gasteiger partial charge in [0.25, 0.3) is 11.7 Å². The Morgan fingerprint density at radius 3 is 2.93 bits per heavy atom. The second-order valence-electron chi connectivity index (χ2n) is 2.86. The number of rotatable bonds is 2. The third-order valence-corrected chi connectivity index (χ3v) is 1.85. The van der Waals surface area contributed by atoms with Gasteiger partial charge in [0.15, 0.2) is 0 Å². The molecule has 6 heteroatoms. The summed E-state index contributed by atoms with van der Waals surface area (Å²) in [6.07, 6.45) is 1.63. The fraction of sp³-hybridized carbons (Fsp3) is 0.111. The average molecular weight is 205 g/mol. The Labute approximate surface area is 84.6 Å². The van der Waals surface area contributed by atoms with Crippen LogP contribution < -0.4 is 0 Å². The van der Waals surface area contributed by atoms with E-state index in [9.17, 15) is 4.79 Å². The summed E-state index contributed by atoms with van der Waals surface area (Å²) < 4.78 is 4.81. The van der Waals surface area contributed by atoms with Gasteiger partial charge in [0.2, 0.25) is 0 Å². The number of aromatic nitrogens is 3. The van der Waals surface area contributed by atoms with Crippen LogP contribution in [0.25, 0.3) is 11.5 Å². The molecule has 0 unspecified atom stereocenters. The molecule has 2 rings (SSSR count). The molecule has 0 fully saturated rings. The van der Waals surface area contributed by atoms with E-state index >= 15 is 0 Å². The predicted molar refractivity (Wildman–Crippen MR) is 49.2 cm³/mol. The lowest BCUT2D eigenvalue weighted by molar-refractivity contribution is 0.0680. The van der Waals surface area contributed by atoms with Gasteiger partial charge in [-0.15, -0.1) is 0 Å². The molecule has 2 aromatic heterocycles. The molecule has 0 atom stereocenters. The van der Waals surface area contributed by atoms with Crippen LogP contribution in [0.5, 0.6) is 0 Å². The van der Waals surface area contributed by atoms with Crippen LogP contribution in [0, 0.1) is 6.92 Å². The van der Waals surface area contributed by atoms with Crippen molar-refractivity contribution in [3.63, 3.8) is 0 Å². The van der Waals surface area contributed by atoms with Gasteiger partial charge in [0.05, 0.1) is 5.56 Å². The monoisotopic (exact) mass is 205 g/mol. The molecule has 0 bridgehead atoms.